The summed E-state index contributed by atoms with van der Waals surface area (Å²) in [6.07, 6.45) is 0. The van der Waals surface area contributed by atoms with Crippen LogP contribution in [-0.4, -0.2) is 15.0 Å². The molecule has 0 fully saturated rings. The molecule has 11 aromatic carbocycles. The van der Waals surface area contributed by atoms with Gasteiger partial charge in [-0.2, -0.15) is 5.26 Å². The highest BCUT2D eigenvalue weighted by Gasteiger charge is 2.22. The van der Waals surface area contributed by atoms with E-state index in [0.29, 0.717) is 23.0 Å². The van der Waals surface area contributed by atoms with Crippen molar-refractivity contribution in [3.8, 4) is 118 Å². The van der Waals surface area contributed by atoms with Gasteiger partial charge in [-0.25, -0.2) is 15.0 Å². The molecule has 4 heteroatoms. The Hall–Kier alpha value is -9.56. The number of fused-ring (bicyclic) bond motifs is 4. The number of benzene rings is 11. The van der Waals surface area contributed by atoms with Gasteiger partial charge in [-0.1, -0.05) is 200 Å². The summed E-state index contributed by atoms with van der Waals surface area (Å²) < 4.78 is 0. The van der Waals surface area contributed by atoms with E-state index >= 15 is 0 Å². The first kappa shape index (κ1) is 40.7. The molecule has 1 aliphatic carbocycles. The first-order chi connectivity index (χ1) is 34.6. The molecule has 1 aromatic heterocycles. The molecular formula is C66H40N4. The third kappa shape index (κ3) is 7.22. The van der Waals surface area contributed by atoms with Crippen LogP contribution in [0.5, 0.6) is 0 Å². The molecule has 0 unspecified atom stereocenters. The average molecular weight is 889 g/mol. The lowest BCUT2D eigenvalue weighted by molar-refractivity contribution is 1.07. The van der Waals surface area contributed by atoms with Crippen molar-refractivity contribution in [3.63, 3.8) is 0 Å². The molecule has 1 aliphatic rings. The van der Waals surface area contributed by atoms with Crippen LogP contribution in [0.1, 0.15) is 5.56 Å². The second-order valence-electron chi connectivity index (χ2n) is 17.9. The number of hydrogen-bond acceptors (Lipinski definition) is 4. The molecule has 0 atom stereocenters. The Kier molecular flexibility index (Phi) is 9.85. The summed E-state index contributed by atoms with van der Waals surface area (Å²) in [7, 11) is 0. The van der Waals surface area contributed by atoms with Crippen LogP contribution in [0.3, 0.4) is 0 Å². The third-order valence-electron chi connectivity index (χ3n) is 13.7. The molecule has 0 aliphatic heterocycles. The summed E-state index contributed by atoms with van der Waals surface area (Å²) in [5.74, 6) is 1.79. The largest absolute Gasteiger partial charge is 0.208 e. The Morgan fingerprint density at radius 1 is 0.243 bits per heavy atom. The molecule has 324 valence electrons. The molecule has 0 N–H and O–H groups in total. The molecule has 4 nitrogen and oxygen atoms in total. The Labute approximate surface area is 406 Å². The van der Waals surface area contributed by atoms with Gasteiger partial charge < -0.3 is 0 Å². The van der Waals surface area contributed by atoms with Crippen molar-refractivity contribution >= 4 is 21.5 Å². The fraction of sp³-hybridized carbons (Fsp3) is 0. The molecule has 0 saturated carbocycles. The number of rotatable bonds is 8. The van der Waals surface area contributed by atoms with E-state index in [9.17, 15) is 5.26 Å². The fourth-order valence-corrected chi connectivity index (χ4v) is 10.3. The summed E-state index contributed by atoms with van der Waals surface area (Å²) in [6.45, 7) is 0. The molecule has 13 rings (SSSR count). The van der Waals surface area contributed by atoms with E-state index in [-0.39, 0.29) is 0 Å². The van der Waals surface area contributed by atoms with E-state index in [1.807, 2.05) is 42.5 Å². The van der Waals surface area contributed by atoms with Crippen LogP contribution in [0.25, 0.3) is 134 Å². The molecule has 0 radical (unpaired) electrons. The van der Waals surface area contributed by atoms with Gasteiger partial charge in [-0.15, -0.1) is 0 Å². The molecule has 70 heavy (non-hydrogen) atoms. The standard InChI is InChI=1S/C66H40N4/c67-41-42-29-33-57(61(35-42)52-22-8-19-47(37-52)50-32-34-58-59-27-11-17-44-18-12-28-60(63(44)59)62(58)40-50)56-26-7-6-25-55(56)51-21-10-24-54(39-51)66-69-64(45-14-2-1-3-15-45)68-65(70-66)53-23-9-20-48(38-53)49-31-30-43-13-4-5-16-46(43)36-49/h1-40H. The third-order valence-corrected chi connectivity index (χ3v) is 13.7. The van der Waals surface area contributed by atoms with Gasteiger partial charge in [0.2, 0.25) is 0 Å². The van der Waals surface area contributed by atoms with Crippen LogP contribution in [-0.2, 0) is 0 Å². The summed E-state index contributed by atoms with van der Waals surface area (Å²) in [6, 6.07) is 87.7. The van der Waals surface area contributed by atoms with Crippen molar-refractivity contribution in [2.45, 2.75) is 0 Å². The Balaban J connectivity index is 0.888. The van der Waals surface area contributed by atoms with Crippen LogP contribution in [0.4, 0.5) is 0 Å². The predicted molar refractivity (Wildman–Crippen MR) is 287 cm³/mol. The van der Waals surface area contributed by atoms with Crippen LogP contribution in [0.15, 0.2) is 243 Å². The summed E-state index contributed by atoms with van der Waals surface area (Å²) in [5, 5.41) is 15.2. The lowest BCUT2D eigenvalue weighted by Crippen LogP contribution is -2.00. The van der Waals surface area contributed by atoms with Crippen molar-refractivity contribution < 1.29 is 0 Å². The molecule has 0 saturated heterocycles. The van der Waals surface area contributed by atoms with Gasteiger partial charge in [-0.05, 0) is 142 Å². The maximum Gasteiger partial charge on any atom is 0.164 e. The summed E-state index contributed by atoms with van der Waals surface area (Å²) in [5.41, 5.74) is 19.1. The quantitative estimate of drug-likeness (QED) is 0.152. The Morgan fingerprint density at radius 2 is 0.686 bits per heavy atom. The van der Waals surface area contributed by atoms with Crippen molar-refractivity contribution in [2.24, 2.45) is 0 Å². The molecule has 1 heterocycles. The van der Waals surface area contributed by atoms with Gasteiger partial charge in [0.25, 0.3) is 0 Å². The van der Waals surface area contributed by atoms with Gasteiger partial charge in [-0.3, -0.25) is 0 Å². The average Bonchev–Trinajstić information content (AvgIpc) is 3.76. The van der Waals surface area contributed by atoms with Gasteiger partial charge in [0.1, 0.15) is 0 Å². The fourth-order valence-electron chi connectivity index (χ4n) is 10.3. The van der Waals surface area contributed by atoms with Crippen LogP contribution in [0.2, 0.25) is 0 Å². The van der Waals surface area contributed by atoms with Crippen LogP contribution in [0, 0.1) is 11.3 Å². The van der Waals surface area contributed by atoms with Gasteiger partial charge >= 0.3 is 0 Å². The minimum Gasteiger partial charge on any atom is -0.208 e. The second-order valence-corrected chi connectivity index (χ2v) is 17.9. The zero-order valence-corrected chi connectivity index (χ0v) is 37.9. The van der Waals surface area contributed by atoms with Crippen molar-refractivity contribution in [1.82, 2.24) is 15.0 Å². The second kappa shape index (κ2) is 16.9. The zero-order valence-electron chi connectivity index (χ0n) is 37.9. The number of aromatic nitrogens is 3. The number of nitrogens with zero attached hydrogens (tertiary/aromatic N) is 4. The minimum atomic E-state index is 0.585. The first-order valence-corrected chi connectivity index (χ1v) is 23.5. The molecular weight excluding hydrogens is 849 g/mol. The van der Waals surface area contributed by atoms with E-state index < -0.39 is 0 Å². The number of nitriles is 1. The van der Waals surface area contributed by atoms with Crippen LogP contribution >= 0.6 is 0 Å². The summed E-state index contributed by atoms with van der Waals surface area (Å²) >= 11 is 0. The molecule has 0 spiro atoms. The normalized spacial score (nSPS) is 11.4. The monoisotopic (exact) mass is 888 g/mol. The lowest BCUT2D eigenvalue weighted by atomic mass is 9.87. The topological polar surface area (TPSA) is 62.5 Å². The Morgan fingerprint density at radius 3 is 1.41 bits per heavy atom. The maximum absolute atomic E-state index is 10.2. The SMILES string of the molecule is N#Cc1ccc(-c2ccccc2-c2cccc(-c3nc(-c4ccccc4)nc(-c4cccc(-c5ccc6ccccc6c5)c4)n3)c2)c(-c2cccc(-c3ccc4c(c3)-c3cccc5cccc-4c35)c2)c1. The van der Waals surface area contributed by atoms with E-state index in [1.54, 1.807) is 0 Å². The van der Waals surface area contributed by atoms with E-state index in [1.165, 1.54) is 43.8 Å². The van der Waals surface area contributed by atoms with Gasteiger partial charge in [0, 0.05) is 16.7 Å². The highest BCUT2D eigenvalue weighted by Crippen LogP contribution is 2.49. The highest BCUT2D eigenvalue weighted by molar-refractivity contribution is 6.15. The van der Waals surface area contributed by atoms with Crippen LogP contribution < -0.4 is 0 Å². The zero-order chi connectivity index (χ0) is 46.5. The maximum atomic E-state index is 10.2. The van der Waals surface area contributed by atoms with E-state index in [2.05, 4.69) is 206 Å². The summed E-state index contributed by atoms with van der Waals surface area (Å²) in [4.78, 5) is 15.4. The van der Waals surface area contributed by atoms with Crippen molar-refractivity contribution in [1.29, 1.82) is 5.26 Å². The molecule has 0 amide bonds. The van der Waals surface area contributed by atoms with Crippen molar-refractivity contribution in [3.05, 3.63) is 248 Å². The van der Waals surface area contributed by atoms with Gasteiger partial charge in [0.15, 0.2) is 17.5 Å². The first-order valence-electron chi connectivity index (χ1n) is 23.5. The minimum absolute atomic E-state index is 0.585. The smallest absolute Gasteiger partial charge is 0.164 e. The van der Waals surface area contributed by atoms with Gasteiger partial charge in [0.05, 0.1) is 11.6 Å². The Bertz CT molecular complexity index is 4080. The van der Waals surface area contributed by atoms with E-state index in [0.717, 1.165) is 72.3 Å². The highest BCUT2D eigenvalue weighted by atomic mass is 15.0. The molecule has 0 bridgehead atoms. The predicted octanol–water partition coefficient (Wildman–Crippen LogP) is 17.0. The number of hydrogen-bond donors (Lipinski definition) is 0. The van der Waals surface area contributed by atoms with E-state index in [4.69, 9.17) is 15.0 Å². The molecule has 12 aromatic rings. The lowest BCUT2D eigenvalue weighted by Gasteiger charge is -2.17. The van der Waals surface area contributed by atoms with Crippen molar-refractivity contribution in [2.75, 3.05) is 0 Å².